The van der Waals surface area contributed by atoms with E-state index in [4.69, 9.17) is 0 Å². The quantitative estimate of drug-likeness (QED) is 0.438. The standard InChI is InChI=1S/C4H6NS/c1-6-4-2-3-5-6/h2,4-5H,1H3. The van der Waals surface area contributed by atoms with Gasteiger partial charge in [-0.3, -0.25) is 0 Å². The minimum Gasteiger partial charge on any atom is -0.334 e. The van der Waals surface area contributed by atoms with Crippen LogP contribution in [0.5, 0.6) is 0 Å². The molecule has 0 aliphatic carbocycles. The first-order chi connectivity index (χ1) is 2.89. The highest BCUT2D eigenvalue weighted by Gasteiger charge is 1.82. The zero-order valence-electron chi connectivity index (χ0n) is 3.56. The van der Waals surface area contributed by atoms with Gasteiger partial charge in [-0.05, 0) is 17.7 Å². The molecular weight excluding hydrogens is 94.1 g/mol. The third kappa shape index (κ3) is 0.627. The van der Waals surface area contributed by atoms with E-state index in [1.807, 2.05) is 6.08 Å². The summed E-state index contributed by atoms with van der Waals surface area (Å²) in [7, 11) is 0.285. The van der Waals surface area contributed by atoms with E-state index in [9.17, 15) is 0 Å². The fraction of sp³-hybridized carbons (Fsp3) is 0.250. The molecule has 1 nitrogen and oxygen atoms in total. The summed E-state index contributed by atoms with van der Waals surface area (Å²) in [5.41, 5.74) is 0. The van der Waals surface area contributed by atoms with Gasteiger partial charge in [-0.2, -0.15) is 0 Å². The molecule has 0 saturated heterocycles. The summed E-state index contributed by atoms with van der Waals surface area (Å²) in [6, 6.07) is 0. The molecule has 0 spiro atoms. The molecule has 0 fully saturated rings. The Balaban J connectivity index is 2.61. The summed E-state index contributed by atoms with van der Waals surface area (Å²) in [4.78, 5) is 0. The molecule has 33 valence electrons. The summed E-state index contributed by atoms with van der Waals surface area (Å²) in [6.45, 7) is 0. The lowest BCUT2D eigenvalue weighted by Crippen LogP contribution is -1.86. The van der Waals surface area contributed by atoms with Gasteiger partial charge in [0.1, 0.15) is 0 Å². The molecule has 0 saturated carbocycles. The van der Waals surface area contributed by atoms with Crippen LogP contribution in [0.15, 0.2) is 6.08 Å². The van der Waals surface area contributed by atoms with Crippen LogP contribution >= 0.6 is 10.7 Å². The zero-order valence-corrected chi connectivity index (χ0v) is 4.38. The van der Waals surface area contributed by atoms with Crippen LogP contribution < -0.4 is 4.72 Å². The Morgan fingerprint density at radius 2 is 2.67 bits per heavy atom. The van der Waals surface area contributed by atoms with Crippen molar-refractivity contribution >= 4 is 16.0 Å². The van der Waals surface area contributed by atoms with Gasteiger partial charge in [-0.15, -0.1) is 0 Å². The summed E-state index contributed by atoms with van der Waals surface area (Å²) < 4.78 is 2.99. The molecule has 1 aliphatic heterocycles. The van der Waals surface area contributed by atoms with Crippen molar-refractivity contribution in [2.75, 3.05) is 6.26 Å². The van der Waals surface area contributed by atoms with Crippen molar-refractivity contribution in [1.29, 1.82) is 0 Å². The molecular formula is C4H6NS. The van der Waals surface area contributed by atoms with Gasteiger partial charge in [0.2, 0.25) is 0 Å². The predicted molar refractivity (Wildman–Crippen MR) is 30.5 cm³/mol. The Bertz CT molecular complexity index is 104. The Labute approximate surface area is 40.1 Å². The number of hydrogen-bond acceptors (Lipinski definition) is 1. The van der Waals surface area contributed by atoms with Crippen molar-refractivity contribution in [3.8, 4) is 0 Å². The molecule has 0 aromatic rings. The fourth-order valence-electron chi connectivity index (χ4n) is 0.297. The van der Waals surface area contributed by atoms with Crippen molar-refractivity contribution in [3.63, 3.8) is 0 Å². The topological polar surface area (TPSA) is 12.0 Å². The van der Waals surface area contributed by atoms with Crippen LogP contribution in [0.4, 0.5) is 0 Å². The molecule has 1 aliphatic rings. The second kappa shape index (κ2) is 1.47. The lowest BCUT2D eigenvalue weighted by molar-refractivity contribution is 1.38. The predicted octanol–water partition coefficient (Wildman–Crippen LogP) is 0.522. The lowest BCUT2D eigenvalue weighted by Gasteiger charge is -1.88. The molecule has 1 radical (unpaired) electrons. The van der Waals surface area contributed by atoms with Gasteiger partial charge < -0.3 is 4.72 Å². The highest BCUT2D eigenvalue weighted by atomic mass is 32.2. The summed E-state index contributed by atoms with van der Waals surface area (Å²) in [5.74, 6) is 0. The number of nitrogens with one attached hydrogen (secondary N) is 1. The largest absolute Gasteiger partial charge is 0.334 e. The van der Waals surface area contributed by atoms with E-state index in [0.717, 1.165) is 0 Å². The van der Waals surface area contributed by atoms with Crippen molar-refractivity contribution in [2.24, 2.45) is 0 Å². The maximum absolute atomic E-state index is 2.99. The summed E-state index contributed by atoms with van der Waals surface area (Å²) in [6.07, 6.45) is 6.87. The normalized spacial score (nSPS) is 29.2. The molecule has 1 rings (SSSR count). The first-order valence-corrected chi connectivity index (χ1v) is 3.42. The van der Waals surface area contributed by atoms with Gasteiger partial charge in [0.05, 0.1) is 6.20 Å². The highest BCUT2D eigenvalue weighted by Crippen LogP contribution is 2.00. The van der Waals surface area contributed by atoms with Crippen LogP contribution in [-0.4, -0.2) is 11.6 Å². The Hall–Kier alpha value is -0.240. The average molecular weight is 100 g/mol. The van der Waals surface area contributed by atoms with Gasteiger partial charge in [-0.1, -0.05) is 10.7 Å². The van der Waals surface area contributed by atoms with Crippen LogP contribution in [0.1, 0.15) is 0 Å². The van der Waals surface area contributed by atoms with Gasteiger partial charge in [0.25, 0.3) is 0 Å². The minimum absolute atomic E-state index is 0.285. The van der Waals surface area contributed by atoms with Crippen molar-refractivity contribution in [3.05, 3.63) is 12.3 Å². The fourth-order valence-corrected chi connectivity index (χ4v) is 0.891. The van der Waals surface area contributed by atoms with Gasteiger partial charge in [0.15, 0.2) is 0 Å². The molecule has 2 heteroatoms. The van der Waals surface area contributed by atoms with E-state index in [2.05, 4.69) is 22.5 Å². The van der Waals surface area contributed by atoms with Crippen LogP contribution in [0.3, 0.4) is 0 Å². The molecule has 1 unspecified atom stereocenters. The van der Waals surface area contributed by atoms with E-state index in [-0.39, 0.29) is 10.7 Å². The van der Waals surface area contributed by atoms with Crippen molar-refractivity contribution < 1.29 is 0 Å². The van der Waals surface area contributed by atoms with E-state index in [1.165, 1.54) is 0 Å². The minimum atomic E-state index is 0.285. The number of hydrogen-bond donors (Lipinski definition) is 1. The van der Waals surface area contributed by atoms with Crippen molar-refractivity contribution in [2.45, 2.75) is 0 Å². The average Bonchev–Trinajstić information content (AvgIpc) is 1.86. The molecule has 1 N–H and O–H groups in total. The van der Waals surface area contributed by atoms with Crippen LogP contribution in [0.25, 0.3) is 0 Å². The second-order valence-electron chi connectivity index (χ2n) is 1.11. The molecule has 1 heterocycles. The third-order valence-corrected chi connectivity index (χ3v) is 1.56. The molecule has 0 bridgehead atoms. The van der Waals surface area contributed by atoms with Crippen LogP contribution in [0.2, 0.25) is 0 Å². The van der Waals surface area contributed by atoms with Crippen molar-refractivity contribution in [1.82, 2.24) is 4.72 Å². The maximum Gasteiger partial charge on any atom is 0.0685 e. The van der Waals surface area contributed by atoms with Gasteiger partial charge in [0, 0.05) is 0 Å². The van der Waals surface area contributed by atoms with E-state index in [1.54, 1.807) is 0 Å². The monoisotopic (exact) mass is 100 g/mol. The molecule has 0 aromatic heterocycles. The number of allylic oxidation sites excluding steroid dienone is 1. The summed E-state index contributed by atoms with van der Waals surface area (Å²) in [5, 5.41) is 2.08. The SMILES string of the molecule is CS1=CC=[C]N1. The van der Waals surface area contributed by atoms with E-state index in [0.29, 0.717) is 0 Å². The first kappa shape index (κ1) is 3.93. The maximum atomic E-state index is 2.99. The van der Waals surface area contributed by atoms with E-state index >= 15 is 0 Å². The Morgan fingerprint density at radius 3 is 2.83 bits per heavy atom. The molecule has 6 heavy (non-hydrogen) atoms. The Morgan fingerprint density at radius 1 is 1.83 bits per heavy atom. The molecule has 0 amide bonds. The molecule has 1 atom stereocenters. The zero-order chi connectivity index (χ0) is 4.41. The summed E-state index contributed by atoms with van der Waals surface area (Å²) >= 11 is 0. The molecule has 0 aromatic carbocycles. The second-order valence-corrected chi connectivity index (χ2v) is 2.70. The number of rotatable bonds is 0. The van der Waals surface area contributed by atoms with Crippen LogP contribution in [-0.2, 0) is 0 Å². The van der Waals surface area contributed by atoms with Crippen LogP contribution in [0, 0.1) is 6.20 Å². The highest BCUT2D eigenvalue weighted by molar-refractivity contribution is 8.13. The van der Waals surface area contributed by atoms with Gasteiger partial charge in [-0.25, -0.2) is 0 Å². The third-order valence-electron chi connectivity index (χ3n) is 0.575. The smallest absolute Gasteiger partial charge is 0.0685 e. The lowest BCUT2D eigenvalue weighted by atomic mass is 10.7. The van der Waals surface area contributed by atoms with E-state index < -0.39 is 0 Å². The first-order valence-electron chi connectivity index (χ1n) is 1.72. The van der Waals surface area contributed by atoms with Gasteiger partial charge >= 0.3 is 0 Å². The Kier molecular flexibility index (Phi) is 0.965.